The summed E-state index contributed by atoms with van der Waals surface area (Å²) in [5.74, 6) is 1.68. The number of hydrogen-bond donors (Lipinski definition) is 1. The topological polar surface area (TPSA) is 34.1 Å². The SMILES string of the molecule is CCNC(C)c1ccc(OCC2CC2)cn1. The van der Waals surface area contributed by atoms with Crippen molar-refractivity contribution in [3.63, 3.8) is 0 Å². The fraction of sp³-hybridized carbons (Fsp3) is 0.615. The van der Waals surface area contributed by atoms with Crippen molar-refractivity contribution < 1.29 is 4.74 Å². The minimum atomic E-state index is 0.308. The standard InChI is InChI=1S/C13H20N2O/c1-3-14-10(2)13-7-6-12(8-15-13)16-9-11-4-5-11/h6-8,10-11,14H,3-5,9H2,1-2H3. The molecule has 0 aromatic carbocycles. The molecule has 16 heavy (non-hydrogen) atoms. The van der Waals surface area contributed by atoms with Gasteiger partial charge in [-0.3, -0.25) is 4.98 Å². The number of ether oxygens (including phenoxy) is 1. The molecule has 1 N–H and O–H groups in total. The molecule has 1 fully saturated rings. The lowest BCUT2D eigenvalue weighted by Gasteiger charge is -2.12. The van der Waals surface area contributed by atoms with Crippen LogP contribution in [-0.4, -0.2) is 18.1 Å². The Hall–Kier alpha value is -1.09. The van der Waals surface area contributed by atoms with Gasteiger partial charge in [-0.05, 0) is 44.4 Å². The average molecular weight is 220 g/mol. The molecule has 0 saturated heterocycles. The number of pyridine rings is 1. The molecule has 1 aromatic heterocycles. The zero-order chi connectivity index (χ0) is 11.4. The first-order valence-electron chi connectivity index (χ1n) is 6.11. The Morgan fingerprint density at radius 3 is 2.88 bits per heavy atom. The highest BCUT2D eigenvalue weighted by Crippen LogP contribution is 2.29. The largest absolute Gasteiger partial charge is 0.492 e. The molecule has 0 bridgehead atoms. The van der Waals surface area contributed by atoms with Crippen molar-refractivity contribution in [2.75, 3.05) is 13.2 Å². The van der Waals surface area contributed by atoms with Crippen molar-refractivity contribution in [1.29, 1.82) is 0 Å². The molecule has 1 heterocycles. The smallest absolute Gasteiger partial charge is 0.137 e. The van der Waals surface area contributed by atoms with Crippen molar-refractivity contribution in [3.8, 4) is 5.75 Å². The van der Waals surface area contributed by atoms with Crippen LogP contribution >= 0.6 is 0 Å². The summed E-state index contributed by atoms with van der Waals surface area (Å²) in [7, 11) is 0. The van der Waals surface area contributed by atoms with Gasteiger partial charge in [0, 0.05) is 6.04 Å². The maximum absolute atomic E-state index is 5.64. The van der Waals surface area contributed by atoms with Crippen LogP contribution in [0.1, 0.15) is 38.4 Å². The van der Waals surface area contributed by atoms with Gasteiger partial charge in [0.25, 0.3) is 0 Å². The van der Waals surface area contributed by atoms with Crippen molar-refractivity contribution in [2.24, 2.45) is 5.92 Å². The molecule has 1 aliphatic rings. The predicted octanol–water partition coefficient (Wildman–Crippen LogP) is 2.54. The molecule has 3 nitrogen and oxygen atoms in total. The lowest BCUT2D eigenvalue weighted by atomic mass is 10.2. The first-order chi connectivity index (χ1) is 7.79. The molecule has 1 aromatic rings. The van der Waals surface area contributed by atoms with Crippen LogP contribution in [0.5, 0.6) is 5.75 Å². The second-order valence-electron chi connectivity index (χ2n) is 4.45. The van der Waals surface area contributed by atoms with E-state index in [0.717, 1.165) is 30.5 Å². The van der Waals surface area contributed by atoms with Crippen LogP contribution in [0.3, 0.4) is 0 Å². The molecule has 0 aliphatic heterocycles. The van der Waals surface area contributed by atoms with Gasteiger partial charge in [0.1, 0.15) is 5.75 Å². The normalized spacial score (nSPS) is 17.1. The van der Waals surface area contributed by atoms with Crippen LogP contribution in [0, 0.1) is 5.92 Å². The van der Waals surface area contributed by atoms with E-state index >= 15 is 0 Å². The molecule has 0 amide bonds. The summed E-state index contributed by atoms with van der Waals surface area (Å²) in [5.41, 5.74) is 1.07. The van der Waals surface area contributed by atoms with Crippen LogP contribution in [-0.2, 0) is 0 Å². The molecular formula is C13H20N2O. The summed E-state index contributed by atoms with van der Waals surface area (Å²) in [5, 5.41) is 3.34. The minimum absolute atomic E-state index is 0.308. The van der Waals surface area contributed by atoms with Gasteiger partial charge < -0.3 is 10.1 Å². The number of hydrogen-bond acceptors (Lipinski definition) is 3. The van der Waals surface area contributed by atoms with Crippen LogP contribution in [0.15, 0.2) is 18.3 Å². The monoisotopic (exact) mass is 220 g/mol. The molecule has 1 unspecified atom stereocenters. The van der Waals surface area contributed by atoms with Crippen molar-refractivity contribution in [3.05, 3.63) is 24.0 Å². The maximum atomic E-state index is 5.64. The molecule has 0 spiro atoms. The lowest BCUT2D eigenvalue weighted by Crippen LogP contribution is -2.18. The summed E-state index contributed by atoms with van der Waals surface area (Å²) < 4.78 is 5.64. The molecule has 3 heteroatoms. The molecule has 1 atom stereocenters. The van der Waals surface area contributed by atoms with E-state index < -0.39 is 0 Å². The van der Waals surface area contributed by atoms with E-state index in [0.29, 0.717) is 6.04 Å². The van der Waals surface area contributed by atoms with E-state index in [4.69, 9.17) is 4.74 Å². The Morgan fingerprint density at radius 1 is 1.50 bits per heavy atom. The minimum Gasteiger partial charge on any atom is -0.492 e. The Balaban J connectivity index is 1.87. The highest BCUT2D eigenvalue weighted by Gasteiger charge is 2.21. The second kappa shape index (κ2) is 5.30. The van der Waals surface area contributed by atoms with Gasteiger partial charge in [-0.25, -0.2) is 0 Å². The van der Waals surface area contributed by atoms with Crippen molar-refractivity contribution in [1.82, 2.24) is 10.3 Å². The van der Waals surface area contributed by atoms with Gasteiger partial charge in [-0.15, -0.1) is 0 Å². The van der Waals surface area contributed by atoms with Gasteiger partial charge >= 0.3 is 0 Å². The first kappa shape index (κ1) is 11.4. The number of rotatable bonds is 6. The maximum Gasteiger partial charge on any atom is 0.137 e. The Kier molecular flexibility index (Phi) is 3.78. The number of nitrogens with one attached hydrogen (secondary N) is 1. The molecular weight excluding hydrogens is 200 g/mol. The Labute approximate surface area is 97.2 Å². The molecule has 0 radical (unpaired) electrons. The molecule has 1 aliphatic carbocycles. The summed E-state index contributed by atoms with van der Waals surface area (Å²) in [6.07, 6.45) is 4.47. The van der Waals surface area contributed by atoms with E-state index in [1.807, 2.05) is 18.3 Å². The van der Waals surface area contributed by atoms with E-state index in [1.54, 1.807) is 0 Å². The fourth-order valence-corrected chi connectivity index (χ4v) is 1.64. The van der Waals surface area contributed by atoms with Gasteiger partial charge in [0.05, 0.1) is 18.5 Å². The zero-order valence-electron chi connectivity index (χ0n) is 10.1. The fourth-order valence-electron chi connectivity index (χ4n) is 1.64. The van der Waals surface area contributed by atoms with E-state index in [1.165, 1.54) is 12.8 Å². The van der Waals surface area contributed by atoms with Crippen molar-refractivity contribution >= 4 is 0 Å². The van der Waals surface area contributed by atoms with E-state index in [-0.39, 0.29) is 0 Å². The molecule has 88 valence electrons. The third-order valence-electron chi connectivity index (χ3n) is 2.90. The average Bonchev–Trinajstić information content (AvgIpc) is 3.11. The zero-order valence-corrected chi connectivity index (χ0v) is 10.1. The molecule has 2 rings (SSSR count). The Morgan fingerprint density at radius 2 is 2.31 bits per heavy atom. The van der Waals surface area contributed by atoms with E-state index in [2.05, 4.69) is 24.1 Å². The van der Waals surface area contributed by atoms with Crippen LogP contribution < -0.4 is 10.1 Å². The second-order valence-corrected chi connectivity index (χ2v) is 4.45. The third kappa shape index (κ3) is 3.20. The van der Waals surface area contributed by atoms with Gasteiger partial charge in [0.2, 0.25) is 0 Å². The van der Waals surface area contributed by atoms with Gasteiger partial charge in [-0.2, -0.15) is 0 Å². The molecule has 1 saturated carbocycles. The van der Waals surface area contributed by atoms with Crippen LogP contribution in [0.4, 0.5) is 0 Å². The summed E-state index contributed by atoms with van der Waals surface area (Å²) in [4.78, 5) is 4.41. The number of nitrogens with zero attached hydrogens (tertiary/aromatic N) is 1. The van der Waals surface area contributed by atoms with E-state index in [9.17, 15) is 0 Å². The highest BCUT2D eigenvalue weighted by molar-refractivity contribution is 5.21. The summed E-state index contributed by atoms with van der Waals surface area (Å²) in [6.45, 7) is 6.03. The third-order valence-corrected chi connectivity index (χ3v) is 2.90. The predicted molar refractivity (Wildman–Crippen MR) is 64.5 cm³/mol. The number of aromatic nitrogens is 1. The quantitative estimate of drug-likeness (QED) is 0.800. The Bertz CT molecular complexity index is 319. The summed E-state index contributed by atoms with van der Waals surface area (Å²) in [6, 6.07) is 4.36. The van der Waals surface area contributed by atoms with Crippen LogP contribution in [0.25, 0.3) is 0 Å². The summed E-state index contributed by atoms with van der Waals surface area (Å²) >= 11 is 0. The first-order valence-corrected chi connectivity index (χ1v) is 6.11. The van der Waals surface area contributed by atoms with Crippen molar-refractivity contribution in [2.45, 2.75) is 32.7 Å². The van der Waals surface area contributed by atoms with Crippen LogP contribution in [0.2, 0.25) is 0 Å². The lowest BCUT2D eigenvalue weighted by molar-refractivity contribution is 0.298. The highest BCUT2D eigenvalue weighted by atomic mass is 16.5. The van der Waals surface area contributed by atoms with Gasteiger partial charge in [-0.1, -0.05) is 6.92 Å². The van der Waals surface area contributed by atoms with Gasteiger partial charge in [0.15, 0.2) is 0 Å².